The molecule has 0 saturated heterocycles. The van der Waals surface area contributed by atoms with Crippen LogP contribution < -0.4 is 19.1 Å². The summed E-state index contributed by atoms with van der Waals surface area (Å²) in [6, 6.07) is 9.03. The van der Waals surface area contributed by atoms with Crippen LogP contribution in [-0.2, 0) is 25.6 Å². The fraction of sp³-hybridized carbons (Fsp3) is 0.522. The lowest BCUT2D eigenvalue weighted by atomic mass is 10.2. The number of thiophene rings is 1. The van der Waals surface area contributed by atoms with Crippen molar-refractivity contribution >= 4 is 33.4 Å². The van der Waals surface area contributed by atoms with E-state index in [0.717, 1.165) is 17.7 Å². The number of rotatable bonds is 15. The molecule has 0 radical (unpaired) electrons. The Bertz CT molecular complexity index is 1010. The summed E-state index contributed by atoms with van der Waals surface area (Å²) in [5.74, 6) is 1.32. The third kappa shape index (κ3) is 8.15. The molecule has 0 aliphatic heterocycles. The summed E-state index contributed by atoms with van der Waals surface area (Å²) in [5, 5.41) is 1.92. The van der Waals surface area contributed by atoms with Gasteiger partial charge in [0.25, 0.3) is 0 Å². The van der Waals surface area contributed by atoms with Crippen LogP contribution >= 0.6 is 11.3 Å². The van der Waals surface area contributed by atoms with E-state index in [4.69, 9.17) is 18.4 Å². The minimum atomic E-state index is -4.31. The van der Waals surface area contributed by atoms with Crippen molar-refractivity contribution in [1.29, 1.82) is 0 Å². The molecule has 34 heavy (non-hydrogen) atoms. The first-order chi connectivity index (χ1) is 16.4. The van der Waals surface area contributed by atoms with Crippen molar-refractivity contribution in [1.82, 2.24) is 4.72 Å². The highest BCUT2D eigenvalue weighted by Gasteiger charge is 2.30. The lowest BCUT2D eigenvalue weighted by molar-refractivity contribution is 0.146. The smallest absolute Gasteiger partial charge is 0.431 e. The van der Waals surface area contributed by atoms with Gasteiger partial charge in [0.05, 0.1) is 13.2 Å². The number of carbonyl (C=O) groups is 1. The van der Waals surface area contributed by atoms with Gasteiger partial charge in [-0.25, -0.2) is 4.79 Å². The number of amides is 1. The largest absolute Gasteiger partial charge is 0.491 e. The second-order valence-electron chi connectivity index (χ2n) is 7.88. The Balaban J connectivity index is 1.76. The number of carbonyl (C=O) groups excluding carboxylic acids is 1. The fourth-order valence-corrected chi connectivity index (χ4v) is 4.57. The first-order valence-electron chi connectivity index (χ1n) is 11.3. The van der Waals surface area contributed by atoms with E-state index in [1.165, 1.54) is 16.2 Å². The third-order valence-corrected chi connectivity index (χ3v) is 6.88. The van der Waals surface area contributed by atoms with Crippen LogP contribution in [0.3, 0.4) is 0 Å². The normalized spacial score (nSPS) is 13.5. The van der Waals surface area contributed by atoms with Gasteiger partial charge in [-0.05, 0) is 55.2 Å². The topological polar surface area (TPSA) is 103 Å². The number of hydrogen-bond donors (Lipinski definition) is 1. The Labute approximate surface area is 205 Å². The molecule has 2 aromatic rings. The average Bonchev–Trinajstić information content (AvgIpc) is 3.49. The molecule has 1 aliphatic carbocycles. The molecular formula is C23H32N2O7S2. The molecule has 9 nitrogen and oxygen atoms in total. The van der Waals surface area contributed by atoms with E-state index in [1.54, 1.807) is 25.3 Å². The van der Waals surface area contributed by atoms with Gasteiger partial charge in [-0.3, -0.25) is 4.90 Å². The molecule has 11 heteroatoms. The molecule has 3 rings (SSSR count). The molecular weight excluding hydrogens is 480 g/mol. The molecule has 1 aromatic heterocycles. The fourth-order valence-electron chi connectivity index (χ4n) is 3.17. The van der Waals surface area contributed by atoms with Crippen LogP contribution in [0.25, 0.3) is 0 Å². The maximum atomic E-state index is 13.1. The van der Waals surface area contributed by atoms with Gasteiger partial charge in [-0.1, -0.05) is 19.1 Å². The van der Waals surface area contributed by atoms with Gasteiger partial charge in [0.2, 0.25) is 0 Å². The summed E-state index contributed by atoms with van der Waals surface area (Å²) in [6.45, 7) is 3.35. The quantitative estimate of drug-likeness (QED) is 0.360. The number of anilines is 1. The zero-order valence-corrected chi connectivity index (χ0v) is 21.2. The zero-order valence-electron chi connectivity index (χ0n) is 19.5. The van der Waals surface area contributed by atoms with Crippen molar-refractivity contribution in [2.24, 2.45) is 5.92 Å². The van der Waals surface area contributed by atoms with Gasteiger partial charge in [-0.15, -0.1) is 11.3 Å². The third-order valence-electron chi connectivity index (χ3n) is 5.03. The molecule has 1 N–H and O–H groups in total. The molecule has 1 amide bonds. The first kappa shape index (κ1) is 26.3. The van der Waals surface area contributed by atoms with Crippen LogP contribution in [0, 0.1) is 5.92 Å². The minimum Gasteiger partial charge on any atom is -0.491 e. The van der Waals surface area contributed by atoms with Gasteiger partial charge >= 0.3 is 16.4 Å². The molecule has 188 valence electrons. The zero-order chi connectivity index (χ0) is 24.4. The standard InChI is InChI=1S/C23H32N2O7S2/c1-3-13-25(23(26)32-34(27,28)24-12-11-19-6-5-16-33-19)22-20(30-15-14-29-2)7-4-8-21(22)31-17-18-9-10-18/h4-8,16,18,24H,3,9-15,17H2,1-2H3. The minimum absolute atomic E-state index is 0.121. The monoisotopic (exact) mass is 512 g/mol. The number of nitrogens with one attached hydrogen (secondary N) is 1. The lowest BCUT2D eigenvalue weighted by Crippen LogP contribution is -2.38. The Morgan fingerprint density at radius 1 is 1.15 bits per heavy atom. The SMILES string of the molecule is CCCN(C(=O)OS(=O)(=O)NCCc1cccs1)c1c(OCCOC)cccc1OCC1CC1. The Morgan fingerprint density at radius 3 is 2.56 bits per heavy atom. The van der Waals surface area contributed by atoms with E-state index in [1.807, 2.05) is 24.4 Å². The van der Waals surface area contributed by atoms with Crippen LogP contribution in [0.5, 0.6) is 11.5 Å². The van der Waals surface area contributed by atoms with Gasteiger partial charge in [-0.2, -0.15) is 13.1 Å². The molecule has 1 heterocycles. The summed E-state index contributed by atoms with van der Waals surface area (Å²) >= 11 is 1.53. The van der Waals surface area contributed by atoms with Gasteiger partial charge in [0.1, 0.15) is 23.8 Å². The van der Waals surface area contributed by atoms with Gasteiger partial charge in [0, 0.05) is 25.1 Å². The van der Waals surface area contributed by atoms with Crippen molar-refractivity contribution in [2.75, 3.05) is 44.9 Å². The summed E-state index contributed by atoms with van der Waals surface area (Å²) in [4.78, 5) is 15.4. The molecule has 1 fully saturated rings. The van der Waals surface area contributed by atoms with Crippen molar-refractivity contribution in [3.05, 3.63) is 40.6 Å². The van der Waals surface area contributed by atoms with Crippen LogP contribution in [0.2, 0.25) is 0 Å². The molecule has 1 aliphatic rings. The average molecular weight is 513 g/mol. The van der Waals surface area contributed by atoms with Crippen LogP contribution in [0.4, 0.5) is 10.5 Å². The van der Waals surface area contributed by atoms with Gasteiger partial charge < -0.3 is 18.4 Å². The number of nitrogens with zero attached hydrogens (tertiary/aromatic N) is 1. The van der Waals surface area contributed by atoms with Crippen molar-refractivity contribution in [3.63, 3.8) is 0 Å². The van der Waals surface area contributed by atoms with Crippen molar-refractivity contribution < 1.29 is 31.6 Å². The summed E-state index contributed by atoms with van der Waals surface area (Å²) in [6.07, 6.45) is 2.26. The second kappa shape index (κ2) is 12.9. The number of ether oxygens (including phenoxy) is 3. The number of para-hydroxylation sites is 1. The van der Waals surface area contributed by atoms with Crippen molar-refractivity contribution in [3.8, 4) is 11.5 Å². The van der Waals surface area contributed by atoms with Crippen molar-refractivity contribution in [2.45, 2.75) is 32.6 Å². The number of benzene rings is 1. The highest BCUT2D eigenvalue weighted by Crippen LogP contribution is 2.40. The van der Waals surface area contributed by atoms with E-state index in [2.05, 4.69) is 4.72 Å². The molecule has 0 atom stereocenters. The molecule has 1 aromatic carbocycles. The predicted molar refractivity (Wildman–Crippen MR) is 131 cm³/mol. The Morgan fingerprint density at radius 2 is 1.91 bits per heavy atom. The highest BCUT2D eigenvalue weighted by molar-refractivity contribution is 7.85. The summed E-state index contributed by atoms with van der Waals surface area (Å²) in [5.41, 5.74) is 0.347. The highest BCUT2D eigenvalue weighted by atomic mass is 32.2. The molecule has 0 unspecified atom stereocenters. The van der Waals surface area contributed by atoms with E-state index in [-0.39, 0.29) is 19.7 Å². The van der Waals surface area contributed by atoms with E-state index < -0.39 is 16.4 Å². The molecule has 0 spiro atoms. The molecule has 0 bridgehead atoms. The molecule has 1 saturated carbocycles. The van der Waals surface area contributed by atoms with E-state index in [0.29, 0.717) is 49.2 Å². The maximum Gasteiger partial charge on any atom is 0.431 e. The predicted octanol–water partition coefficient (Wildman–Crippen LogP) is 3.99. The Hall–Kier alpha value is -2.34. The van der Waals surface area contributed by atoms with E-state index in [9.17, 15) is 13.2 Å². The first-order valence-corrected chi connectivity index (χ1v) is 13.6. The van der Waals surface area contributed by atoms with Crippen LogP contribution in [0.1, 0.15) is 31.1 Å². The van der Waals surface area contributed by atoms with Crippen LogP contribution in [-0.4, -0.2) is 54.5 Å². The van der Waals surface area contributed by atoms with E-state index >= 15 is 0 Å². The van der Waals surface area contributed by atoms with Gasteiger partial charge in [0.15, 0.2) is 0 Å². The summed E-state index contributed by atoms with van der Waals surface area (Å²) in [7, 11) is -2.74. The maximum absolute atomic E-state index is 13.1. The Kier molecular flexibility index (Phi) is 10.00. The number of hydrogen-bond acceptors (Lipinski definition) is 8. The van der Waals surface area contributed by atoms with Crippen LogP contribution in [0.15, 0.2) is 35.7 Å². The lowest BCUT2D eigenvalue weighted by Gasteiger charge is -2.26. The number of methoxy groups -OCH3 is 1. The second-order valence-corrected chi connectivity index (χ2v) is 10.3. The summed E-state index contributed by atoms with van der Waals surface area (Å²) < 4.78 is 49.0.